The van der Waals surface area contributed by atoms with Crippen LogP contribution < -0.4 is 10.6 Å². The average molecular weight is 311 g/mol. The minimum atomic E-state index is 0.0140. The number of thioether (sulfide) groups is 1. The molecule has 1 heterocycles. The molecular formula is C12H17N5OS2. The van der Waals surface area contributed by atoms with Crippen LogP contribution in [-0.4, -0.2) is 41.4 Å². The Labute approximate surface area is 126 Å². The van der Waals surface area contributed by atoms with Gasteiger partial charge in [0.05, 0.1) is 0 Å². The third-order valence-corrected chi connectivity index (χ3v) is 4.00. The molecule has 1 amide bonds. The molecule has 0 atom stereocenters. The molecule has 0 aromatic carbocycles. The van der Waals surface area contributed by atoms with Crippen LogP contribution in [0.3, 0.4) is 0 Å². The topological polar surface area (TPSA) is 84.5 Å². The van der Waals surface area contributed by atoms with Gasteiger partial charge >= 0.3 is 0 Å². The monoisotopic (exact) mass is 311 g/mol. The summed E-state index contributed by atoms with van der Waals surface area (Å²) in [7, 11) is 1.69. The van der Waals surface area contributed by atoms with Gasteiger partial charge in [0.2, 0.25) is 11.0 Å². The summed E-state index contributed by atoms with van der Waals surface area (Å²) >= 11 is 2.92. The predicted octanol–water partition coefficient (Wildman–Crippen LogP) is 1.77. The third kappa shape index (κ3) is 4.46. The molecular weight excluding hydrogens is 294 g/mol. The van der Waals surface area contributed by atoms with Gasteiger partial charge in [-0.1, -0.05) is 17.9 Å². The average Bonchev–Trinajstić information content (AvgIpc) is 2.94. The van der Waals surface area contributed by atoms with Crippen molar-refractivity contribution in [1.82, 2.24) is 10.2 Å². The standard InChI is InChI=1S/C12H17N5OS2/c1-4-14-8-9(7-13)11-15-16-12(20-11)17(2)10(18)5-6-19-3/h4,7-8H,1,5-6,13H2,2-3H3/b9-7+,14-8-. The highest BCUT2D eigenvalue weighted by Gasteiger charge is 2.16. The van der Waals surface area contributed by atoms with E-state index < -0.39 is 0 Å². The Balaban J connectivity index is 2.83. The molecule has 0 saturated heterocycles. The lowest BCUT2D eigenvalue weighted by Gasteiger charge is -2.12. The van der Waals surface area contributed by atoms with Crippen LogP contribution in [0.25, 0.3) is 5.57 Å². The van der Waals surface area contributed by atoms with E-state index in [0.29, 0.717) is 22.1 Å². The van der Waals surface area contributed by atoms with Gasteiger partial charge in [-0.25, -0.2) is 0 Å². The summed E-state index contributed by atoms with van der Waals surface area (Å²) in [6.45, 7) is 3.49. The SMILES string of the molecule is C=C/N=C\C(=C/N)c1nnc(N(C)C(=O)CCSC)s1. The Morgan fingerprint density at radius 3 is 2.95 bits per heavy atom. The van der Waals surface area contributed by atoms with Crippen molar-refractivity contribution in [3.05, 3.63) is 24.0 Å². The first-order valence-electron chi connectivity index (χ1n) is 5.79. The van der Waals surface area contributed by atoms with Crippen LogP contribution in [0.1, 0.15) is 11.4 Å². The molecule has 0 aliphatic rings. The molecule has 1 aromatic rings. The molecule has 2 N–H and O–H groups in total. The van der Waals surface area contributed by atoms with Crippen LogP contribution in [0.2, 0.25) is 0 Å². The summed E-state index contributed by atoms with van der Waals surface area (Å²) < 4.78 is 0. The highest BCUT2D eigenvalue weighted by atomic mass is 32.2. The zero-order valence-corrected chi connectivity index (χ0v) is 13.1. The second-order valence-electron chi connectivity index (χ2n) is 3.67. The smallest absolute Gasteiger partial charge is 0.229 e. The number of anilines is 1. The van der Waals surface area contributed by atoms with Crippen molar-refractivity contribution in [3.63, 3.8) is 0 Å². The molecule has 0 bridgehead atoms. The maximum absolute atomic E-state index is 11.9. The number of hydrogen-bond donors (Lipinski definition) is 1. The van der Waals surface area contributed by atoms with E-state index in [-0.39, 0.29) is 5.91 Å². The van der Waals surface area contributed by atoms with Gasteiger partial charge in [0.25, 0.3) is 0 Å². The number of aromatic nitrogens is 2. The number of allylic oxidation sites excluding steroid dienone is 1. The van der Waals surface area contributed by atoms with Gasteiger partial charge in [-0.05, 0) is 6.26 Å². The Morgan fingerprint density at radius 2 is 2.35 bits per heavy atom. The van der Waals surface area contributed by atoms with E-state index in [0.717, 1.165) is 5.75 Å². The van der Waals surface area contributed by atoms with E-state index in [1.54, 1.807) is 25.0 Å². The second-order valence-corrected chi connectivity index (χ2v) is 5.61. The van der Waals surface area contributed by atoms with E-state index in [1.807, 2.05) is 6.26 Å². The lowest BCUT2D eigenvalue weighted by Crippen LogP contribution is -2.26. The zero-order chi connectivity index (χ0) is 15.0. The number of hydrogen-bond acceptors (Lipinski definition) is 7. The fourth-order valence-corrected chi connectivity index (χ4v) is 2.43. The molecule has 0 aliphatic carbocycles. The van der Waals surface area contributed by atoms with Crippen molar-refractivity contribution in [2.24, 2.45) is 10.7 Å². The van der Waals surface area contributed by atoms with Gasteiger partial charge in [0.1, 0.15) is 0 Å². The van der Waals surface area contributed by atoms with Crippen LogP contribution in [0.5, 0.6) is 0 Å². The summed E-state index contributed by atoms with van der Waals surface area (Å²) in [5.74, 6) is 0.800. The maximum atomic E-state index is 11.9. The number of amides is 1. The first-order chi connectivity index (χ1) is 9.63. The lowest BCUT2D eigenvalue weighted by molar-refractivity contribution is -0.117. The van der Waals surface area contributed by atoms with E-state index in [9.17, 15) is 4.79 Å². The van der Waals surface area contributed by atoms with Crippen molar-refractivity contribution in [2.75, 3.05) is 24.0 Å². The van der Waals surface area contributed by atoms with Gasteiger partial charge in [-0.15, -0.1) is 10.2 Å². The molecule has 8 heteroatoms. The summed E-state index contributed by atoms with van der Waals surface area (Å²) in [4.78, 5) is 17.3. The van der Waals surface area contributed by atoms with E-state index in [4.69, 9.17) is 5.73 Å². The molecule has 0 fully saturated rings. The highest BCUT2D eigenvalue weighted by Crippen LogP contribution is 2.24. The Kier molecular flexibility index (Phi) is 6.96. The number of aliphatic imine (C=N–C) groups is 1. The quantitative estimate of drug-likeness (QED) is 0.776. The zero-order valence-electron chi connectivity index (χ0n) is 11.4. The Hall–Kier alpha value is -1.67. The van der Waals surface area contributed by atoms with Gasteiger partial charge in [0, 0.05) is 43.4 Å². The highest BCUT2D eigenvalue weighted by molar-refractivity contribution is 7.98. The molecule has 0 aliphatic heterocycles. The summed E-state index contributed by atoms with van der Waals surface area (Å²) in [5.41, 5.74) is 6.16. The molecule has 20 heavy (non-hydrogen) atoms. The second kappa shape index (κ2) is 8.49. The Morgan fingerprint density at radius 1 is 1.60 bits per heavy atom. The van der Waals surface area contributed by atoms with E-state index in [2.05, 4.69) is 21.8 Å². The predicted molar refractivity (Wildman–Crippen MR) is 87.2 cm³/mol. The maximum Gasteiger partial charge on any atom is 0.229 e. The molecule has 0 spiro atoms. The lowest BCUT2D eigenvalue weighted by atomic mass is 10.3. The Bertz CT molecular complexity index is 524. The van der Waals surface area contributed by atoms with Crippen molar-refractivity contribution < 1.29 is 4.79 Å². The first kappa shape index (κ1) is 16.4. The molecule has 6 nitrogen and oxygen atoms in total. The van der Waals surface area contributed by atoms with E-state index >= 15 is 0 Å². The van der Waals surface area contributed by atoms with Crippen LogP contribution in [-0.2, 0) is 4.79 Å². The van der Waals surface area contributed by atoms with Gasteiger partial charge in [-0.3, -0.25) is 14.7 Å². The summed E-state index contributed by atoms with van der Waals surface area (Å²) in [6, 6.07) is 0. The molecule has 0 radical (unpaired) electrons. The van der Waals surface area contributed by atoms with Crippen molar-refractivity contribution in [3.8, 4) is 0 Å². The van der Waals surface area contributed by atoms with Gasteiger partial charge < -0.3 is 5.73 Å². The molecule has 1 aromatic heterocycles. The molecule has 0 unspecified atom stereocenters. The minimum absolute atomic E-state index is 0.0140. The summed E-state index contributed by atoms with van der Waals surface area (Å²) in [5, 5.41) is 9.17. The van der Waals surface area contributed by atoms with Crippen LogP contribution in [0.15, 0.2) is 24.0 Å². The van der Waals surface area contributed by atoms with E-state index in [1.165, 1.54) is 28.6 Å². The van der Waals surface area contributed by atoms with Crippen LogP contribution >= 0.6 is 23.1 Å². The molecule has 0 saturated carbocycles. The molecule has 108 valence electrons. The van der Waals surface area contributed by atoms with Crippen LogP contribution in [0, 0.1) is 0 Å². The fourth-order valence-electron chi connectivity index (χ4n) is 1.23. The number of carbonyl (C=O) groups excluding carboxylic acids is 1. The van der Waals surface area contributed by atoms with Gasteiger partial charge in [-0.2, -0.15) is 11.8 Å². The van der Waals surface area contributed by atoms with Crippen molar-refractivity contribution in [2.45, 2.75) is 6.42 Å². The fraction of sp³-hybridized carbons (Fsp3) is 0.333. The summed E-state index contributed by atoms with van der Waals surface area (Å²) in [6.07, 6.45) is 6.79. The first-order valence-corrected chi connectivity index (χ1v) is 8.00. The largest absolute Gasteiger partial charge is 0.404 e. The van der Waals surface area contributed by atoms with Crippen molar-refractivity contribution >= 4 is 45.9 Å². The number of nitrogens with zero attached hydrogens (tertiary/aromatic N) is 4. The third-order valence-electron chi connectivity index (χ3n) is 2.34. The van der Waals surface area contributed by atoms with Crippen molar-refractivity contribution in [1.29, 1.82) is 0 Å². The number of carbonyl (C=O) groups is 1. The number of nitrogens with two attached hydrogens (primary N) is 1. The van der Waals surface area contributed by atoms with Gasteiger partial charge in [0.15, 0.2) is 5.01 Å². The normalized spacial score (nSPS) is 11.8. The number of rotatable bonds is 7. The molecule has 1 rings (SSSR count). The van der Waals surface area contributed by atoms with Crippen LogP contribution in [0.4, 0.5) is 5.13 Å². The minimum Gasteiger partial charge on any atom is -0.404 e.